The molecule has 2 aliphatic heterocycles. The van der Waals surface area contributed by atoms with Crippen LogP contribution in [0.2, 0.25) is 0 Å². The lowest BCUT2D eigenvalue weighted by Crippen LogP contribution is -2.57. The molecule has 3 rings (SSSR count). The largest absolute Gasteiger partial charge is 0.298 e. The second-order valence-electron chi connectivity index (χ2n) is 6.22. The van der Waals surface area contributed by atoms with E-state index in [9.17, 15) is 0 Å². The van der Waals surface area contributed by atoms with Crippen LogP contribution in [0.25, 0.3) is 0 Å². The zero-order chi connectivity index (χ0) is 13.1. The Hall–Kier alpha value is -0.860. The molecule has 2 heteroatoms. The monoisotopic (exact) mass is 258 g/mol. The minimum Gasteiger partial charge on any atom is -0.298 e. The van der Waals surface area contributed by atoms with Gasteiger partial charge in [-0.25, -0.2) is 0 Å². The normalized spacial score (nSPS) is 26.9. The van der Waals surface area contributed by atoms with Crippen LogP contribution in [-0.2, 0) is 6.42 Å². The molecular weight excluding hydrogens is 232 g/mol. The minimum absolute atomic E-state index is 0.673. The molecule has 1 aromatic rings. The van der Waals surface area contributed by atoms with Gasteiger partial charge in [0.05, 0.1) is 0 Å². The van der Waals surface area contributed by atoms with Gasteiger partial charge >= 0.3 is 0 Å². The van der Waals surface area contributed by atoms with Gasteiger partial charge in [0.2, 0.25) is 0 Å². The van der Waals surface area contributed by atoms with E-state index < -0.39 is 0 Å². The third-order valence-corrected chi connectivity index (χ3v) is 4.87. The van der Waals surface area contributed by atoms with Crippen molar-refractivity contribution in [1.29, 1.82) is 0 Å². The summed E-state index contributed by atoms with van der Waals surface area (Å²) in [5.41, 5.74) is 1.47. The number of hydrogen-bond acceptors (Lipinski definition) is 2. The van der Waals surface area contributed by atoms with Gasteiger partial charge < -0.3 is 0 Å². The van der Waals surface area contributed by atoms with Gasteiger partial charge in [0.25, 0.3) is 0 Å². The second-order valence-corrected chi connectivity index (χ2v) is 6.22. The van der Waals surface area contributed by atoms with Crippen molar-refractivity contribution >= 4 is 0 Å². The Labute approximate surface area is 117 Å². The van der Waals surface area contributed by atoms with Crippen LogP contribution in [-0.4, -0.2) is 48.1 Å². The fraction of sp³-hybridized carbons (Fsp3) is 0.647. The molecule has 0 N–H and O–H groups in total. The molecule has 2 nitrogen and oxygen atoms in total. The zero-order valence-corrected chi connectivity index (χ0v) is 12.1. The van der Waals surface area contributed by atoms with Crippen molar-refractivity contribution in [2.75, 3.05) is 26.2 Å². The lowest BCUT2D eigenvalue weighted by atomic mass is 9.97. The van der Waals surface area contributed by atoms with Gasteiger partial charge in [-0.2, -0.15) is 0 Å². The topological polar surface area (TPSA) is 6.48 Å². The first-order valence-corrected chi connectivity index (χ1v) is 7.85. The highest BCUT2D eigenvalue weighted by Crippen LogP contribution is 2.22. The average Bonchev–Trinajstić information content (AvgIpc) is 2.48. The number of nitrogens with zero attached hydrogens (tertiary/aromatic N) is 2. The standard InChI is InChI=1S/C17H26N2/c1-15(13-16-7-3-2-4-8-16)19-12-11-18-10-6-5-9-17(18)14-19/h2-4,7-8,15,17H,5-6,9-14H2,1H3. The van der Waals surface area contributed by atoms with Gasteiger partial charge in [-0.3, -0.25) is 9.80 Å². The fourth-order valence-electron chi connectivity index (χ4n) is 3.66. The van der Waals surface area contributed by atoms with Gasteiger partial charge in [0, 0.05) is 31.7 Å². The molecule has 2 atom stereocenters. The number of rotatable bonds is 3. The summed E-state index contributed by atoms with van der Waals surface area (Å²) in [7, 11) is 0. The van der Waals surface area contributed by atoms with Crippen LogP contribution in [0.4, 0.5) is 0 Å². The predicted octanol–water partition coefficient (Wildman–Crippen LogP) is 2.79. The lowest BCUT2D eigenvalue weighted by molar-refractivity contribution is 0.0312. The van der Waals surface area contributed by atoms with Crippen LogP contribution in [0, 0.1) is 0 Å². The molecule has 0 spiro atoms. The average molecular weight is 258 g/mol. The Morgan fingerprint density at radius 1 is 1.11 bits per heavy atom. The maximum absolute atomic E-state index is 2.72. The van der Waals surface area contributed by atoms with Crippen molar-refractivity contribution in [3.8, 4) is 0 Å². The third-order valence-electron chi connectivity index (χ3n) is 4.87. The molecule has 2 heterocycles. The van der Waals surface area contributed by atoms with E-state index >= 15 is 0 Å². The van der Waals surface area contributed by atoms with Crippen molar-refractivity contribution in [1.82, 2.24) is 9.80 Å². The summed E-state index contributed by atoms with van der Waals surface area (Å²) in [6, 6.07) is 12.4. The van der Waals surface area contributed by atoms with E-state index in [4.69, 9.17) is 0 Å². The van der Waals surface area contributed by atoms with E-state index in [2.05, 4.69) is 47.1 Å². The first kappa shape index (κ1) is 13.1. The first-order valence-electron chi connectivity index (χ1n) is 7.85. The van der Waals surface area contributed by atoms with E-state index in [1.807, 2.05) is 0 Å². The number of piperazine rings is 1. The number of fused-ring (bicyclic) bond motifs is 1. The SMILES string of the molecule is CC(Cc1ccccc1)N1CCN2CCCCC2C1. The molecule has 0 aromatic heterocycles. The molecule has 2 saturated heterocycles. The summed E-state index contributed by atoms with van der Waals surface area (Å²) >= 11 is 0. The summed E-state index contributed by atoms with van der Waals surface area (Å²) in [4.78, 5) is 5.43. The molecule has 0 amide bonds. The predicted molar refractivity (Wildman–Crippen MR) is 80.4 cm³/mol. The highest BCUT2D eigenvalue weighted by Gasteiger charge is 2.30. The first-order chi connectivity index (χ1) is 9.33. The van der Waals surface area contributed by atoms with Crippen LogP contribution >= 0.6 is 0 Å². The number of benzene rings is 1. The Kier molecular flexibility index (Phi) is 4.19. The van der Waals surface area contributed by atoms with Gasteiger partial charge in [-0.15, -0.1) is 0 Å². The van der Waals surface area contributed by atoms with Crippen molar-refractivity contribution < 1.29 is 0 Å². The van der Waals surface area contributed by atoms with Crippen LogP contribution in [0.5, 0.6) is 0 Å². The molecule has 2 unspecified atom stereocenters. The fourth-order valence-corrected chi connectivity index (χ4v) is 3.66. The Morgan fingerprint density at radius 3 is 2.79 bits per heavy atom. The van der Waals surface area contributed by atoms with E-state index in [1.165, 1.54) is 57.4 Å². The number of piperidine rings is 1. The Balaban J connectivity index is 1.57. The van der Waals surface area contributed by atoms with Gasteiger partial charge in [0.15, 0.2) is 0 Å². The van der Waals surface area contributed by atoms with Gasteiger partial charge in [-0.1, -0.05) is 36.8 Å². The van der Waals surface area contributed by atoms with E-state index in [0.717, 1.165) is 6.04 Å². The number of hydrogen-bond donors (Lipinski definition) is 0. The Morgan fingerprint density at radius 2 is 1.95 bits per heavy atom. The highest BCUT2D eigenvalue weighted by molar-refractivity contribution is 5.15. The van der Waals surface area contributed by atoms with Crippen LogP contribution in [0.15, 0.2) is 30.3 Å². The lowest BCUT2D eigenvalue weighted by Gasteiger charge is -2.46. The molecule has 2 fully saturated rings. The summed E-state index contributed by atoms with van der Waals surface area (Å²) in [5, 5.41) is 0. The van der Waals surface area contributed by atoms with Crippen LogP contribution in [0.3, 0.4) is 0 Å². The van der Waals surface area contributed by atoms with Crippen LogP contribution in [0.1, 0.15) is 31.7 Å². The zero-order valence-electron chi connectivity index (χ0n) is 12.1. The van der Waals surface area contributed by atoms with Gasteiger partial charge in [-0.05, 0) is 38.3 Å². The molecule has 0 aliphatic carbocycles. The molecule has 104 valence electrons. The molecule has 19 heavy (non-hydrogen) atoms. The summed E-state index contributed by atoms with van der Waals surface area (Å²) in [6.07, 6.45) is 5.44. The summed E-state index contributed by atoms with van der Waals surface area (Å²) < 4.78 is 0. The van der Waals surface area contributed by atoms with Crippen LogP contribution < -0.4 is 0 Å². The van der Waals surface area contributed by atoms with E-state index in [1.54, 1.807) is 0 Å². The van der Waals surface area contributed by atoms with Crippen molar-refractivity contribution in [3.63, 3.8) is 0 Å². The van der Waals surface area contributed by atoms with Crippen molar-refractivity contribution in [3.05, 3.63) is 35.9 Å². The summed E-state index contributed by atoms with van der Waals surface area (Å²) in [5.74, 6) is 0. The maximum Gasteiger partial charge on any atom is 0.0223 e. The highest BCUT2D eigenvalue weighted by atomic mass is 15.3. The van der Waals surface area contributed by atoms with Gasteiger partial charge in [0.1, 0.15) is 0 Å². The molecule has 0 radical (unpaired) electrons. The smallest absolute Gasteiger partial charge is 0.0223 e. The molecule has 0 saturated carbocycles. The summed E-state index contributed by atoms with van der Waals surface area (Å²) in [6.45, 7) is 7.55. The second kappa shape index (κ2) is 6.06. The molecular formula is C17H26N2. The van der Waals surface area contributed by atoms with Crippen molar-refractivity contribution in [2.45, 2.75) is 44.7 Å². The quantitative estimate of drug-likeness (QED) is 0.822. The van der Waals surface area contributed by atoms with E-state index in [-0.39, 0.29) is 0 Å². The van der Waals surface area contributed by atoms with E-state index in [0.29, 0.717) is 6.04 Å². The van der Waals surface area contributed by atoms with Crippen molar-refractivity contribution in [2.24, 2.45) is 0 Å². The Bertz CT molecular complexity index is 390. The molecule has 2 aliphatic rings. The molecule has 0 bridgehead atoms. The molecule has 1 aromatic carbocycles. The third kappa shape index (κ3) is 3.18. The maximum atomic E-state index is 2.72. The minimum atomic E-state index is 0.673.